The van der Waals surface area contributed by atoms with Crippen molar-refractivity contribution in [1.82, 2.24) is 9.88 Å². The molecule has 1 aromatic heterocycles. The number of nitrogens with zero attached hydrogens (tertiary/aromatic N) is 2. The molecule has 6 heteroatoms. The largest absolute Gasteiger partial charge is 0.354 e. The van der Waals surface area contributed by atoms with E-state index in [1.807, 2.05) is 0 Å². The van der Waals surface area contributed by atoms with Crippen LogP contribution in [0.3, 0.4) is 0 Å². The third kappa shape index (κ3) is 3.96. The molecule has 1 rings (SSSR count). The second-order valence-corrected chi connectivity index (χ2v) is 3.84. The van der Waals surface area contributed by atoms with Crippen LogP contribution in [0.5, 0.6) is 0 Å². The SMILES string of the molecule is COC(CN(C)C(=O)c1ccnc(Cl)c1)OC. The molecular weight excluding hydrogens is 244 g/mol. The predicted molar refractivity (Wildman–Crippen MR) is 64.0 cm³/mol. The van der Waals surface area contributed by atoms with Crippen LogP contribution in [0, 0.1) is 0 Å². The maximum Gasteiger partial charge on any atom is 0.253 e. The van der Waals surface area contributed by atoms with Crippen LogP contribution in [0.25, 0.3) is 0 Å². The predicted octanol–water partition coefficient (Wildman–Crippen LogP) is 1.43. The normalized spacial score (nSPS) is 10.6. The number of pyridine rings is 1. The van der Waals surface area contributed by atoms with Crippen molar-refractivity contribution in [3.8, 4) is 0 Å². The van der Waals surface area contributed by atoms with Gasteiger partial charge in [0.05, 0.1) is 6.54 Å². The zero-order chi connectivity index (χ0) is 12.8. The Hall–Kier alpha value is -1.17. The summed E-state index contributed by atoms with van der Waals surface area (Å²) < 4.78 is 10.1. The highest BCUT2D eigenvalue weighted by Gasteiger charge is 2.16. The van der Waals surface area contributed by atoms with Crippen LogP contribution in [0.4, 0.5) is 0 Å². The maximum absolute atomic E-state index is 12.0. The molecule has 0 unspecified atom stereocenters. The molecule has 5 nitrogen and oxygen atoms in total. The van der Waals surface area contributed by atoms with E-state index >= 15 is 0 Å². The molecule has 0 atom stereocenters. The fraction of sp³-hybridized carbons (Fsp3) is 0.455. The van der Waals surface area contributed by atoms with Gasteiger partial charge in [0.1, 0.15) is 5.15 Å². The first-order valence-electron chi connectivity index (χ1n) is 5.01. The average molecular weight is 259 g/mol. The Kier molecular flexibility index (Phi) is 5.34. The van der Waals surface area contributed by atoms with Gasteiger partial charge in [0.2, 0.25) is 0 Å². The number of hydrogen-bond acceptors (Lipinski definition) is 4. The summed E-state index contributed by atoms with van der Waals surface area (Å²) in [6, 6.07) is 3.13. The average Bonchev–Trinajstić information content (AvgIpc) is 2.34. The fourth-order valence-electron chi connectivity index (χ4n) is 1.31. The lowest BCUT2D eigenvalue weighted by Gasteiger charge is -2.22. The summed E-state index contributed by atoms with van der Waals surface area (Å²) in [6.07, 6.45) is 1.05. The number of aromatic nitrogens is 1. The van der Waals surface area contributed by atoms with Crippen LogP contribution in [0.2, 0.25) is 5.15 Å². The molecule has 0 radical (unpaired) electrons. The van der Waals surface area contributed by atoms with E-state index in [-0.39, 0.29) is 5.91 Å². The number of amides is 1. The van der Waals surface area contributed by atoms with Crippen molar-refractivity contribution in [3.05, 3.63) is 29.0 Å². The van der Waals surface area contributed by atoms with E-state index in [9.17, 15) is 4.79 Å². The monoisotopic (exact) mass is 258 g/mol. The molecule has 0 aliphatic heterocycles. The molecule has 0 saturated carbocycles. The molecule has 94 valence electrons. The Labute approximate surface area is 105 Å². The highest BCUT2D eigenvalue weighted by Crippen LogP contribution is 2.09. The highest BCUT2D eigenvalue weighted by molar-refractivity contribution is 6.29. The van der Waals surface area contributed by atoms with Crippen molar-refractivity contribution < 1.29 is 14.3 Å². The van der Waals surface area contributed by atoms with Gasteiger partial charge >= 0.3 is 0 Å². The van der Waals surface area contributed by atoms with E-state index in [0.29, 0.717) is 17.3 Å². The molecule has 0 aliphatic carbocycles. The van der Waals surface area contributed by atoms with Gasteiger partial charge in [0.25, 0.3) is 5.91 Å². The van der Waals surface area contributed by atoms with Crippen LogP contribution in [-0.2, 0) is 9.47 Å². The topological polar surface area (TPSA) is 51.7 Å². The quantitative estimate of drug-likeness (QED) is 0.592. The molecule has 1 aromatic rings. The molecule has 0 bridgehead atoms. The lowest BCUT2D eigenvalue weighted by Crippen LogP contribution is -2.36. The number of carbonyl (C=O) groups excluding carboxylic acids is 1. The first-order chi connectivity index (χ1) is 8.08. The second-order valence-electron chi connectivity index (χ2n) is 3.45. The van der Waals surface area contributed by atoms with E-state index in [2.05, 4.69) is 4.98 Å². The van der Waals surface area contributed by atoms with E-state index in [1.54, 1.807) is 13.1 Å². The standard InChI is InChI=1S/C11H15ClN2O3/c1-14(7-10(16-2)17-3)11(15)8-4-5-13-9(12)6-8/h4-6,10H,7H2,1-3H3. The molecule has 1 amide bonds. The fourth-order valence-corrected chi connectivity index (χ4v) is 1.48. The van der Waals surface area contributed by atoms with Gasteiger partial charge in [-0.3, -0.25) is 4.79 Å². The third-order valence-electron chi connectivity index (χ3n) is 2.27. The minimum absolute atomic E-state index is 0.159. The first-order valence-corrected chi connectivity index (χ1v) is 5.39. The van der Waals surface area contributed by atoms with Gasteiger partial charge in [0, 0.05) is 33.0 Å². The van der Waals surface area contributed by atoms with Crippen LogP contribution >= 0.6 is 11.6 Å². The third-order valence-corrected chi connectivity index (χ3v) is 2.48. The van der Waals surface area contributed by atoms with Crippen molar-refractivity contribution in [2.75, 3.05) is 27.8 Å². The van der Waals surface area contributed by atoms with Gasteiger partial charge < -0.3 is 14.4 Å². The van der Waals surface area contributed by atoms with Crippen molar-refractivity contribution in [2.24, 2.45) is 0 Å². The van der Waals surface area contributed by atoms with Crippen molar-refractivity contribution in [3.63, 3.8) is 0 Å². The lowest BCUT2D eigenvalue weighted by atomic mass is 10.2. The molecular formula is C11H15ClN2O3. The number of rotatable bonds is 5. The number of carbonyl (C=O) groups is 1. The van der Waals surface area contributed by atoms with Gasteiger partial charge in [0.15, 0.2) is 6.29 Å². The summed E-state index contributed by atoms with van der Waals surface area (Å²) >= 11 is 5.72. The van der Waals surface area contributed by atoms with E-state index in [4.69, 9.17) is 21.1 Å². The molecule has 0 aliphatic rings. The van der Waals surface area contributed by atoms with Gasteiger partial charge in [-0.05, 0) is 12.1 Å². The van der Waals surface area contributed by atoms with Crippen LogP contribution in [0.1, 0.15) is 10.4 Å². The van der Waals surface area contributed by atoms with Gasteiger partial charge in [-0.25, -0.2) is 4.98 Å². The van der Waals surface area contributed by atoms with Crippen molar-refractivity contribution in [1.29, 1.82) is 0 Å². The minimum Gasteiger partial charge on any atom is -0.354 e. The lowest BCUT2D eigenvalue weighted by molar-refractivity contribution is -0.110. The first kappa shape index (κ1) is 13.9. The van der Waals surface area contributed by atoms with Crippen molar-refractivity contribution >= 4 is 17.5 Å². The van der Waals surface area contributed by atoms with Gasteiger partial charge in [-0.15, -0.1) is 0 Å². The molecule has 0 saturated heterocycles. The summed E-state index contributed by atoms with van der Waals surface area (Å²) in [6.45, 7) is 0.339. The van der Waals surface area contributed by atoms with E-state index in [0.717, 1.165) is 0 Å². The summed E-state index contributed by atoms with van der Waals surface area (Å²) in [5, 5.41) is 0.291. The number of halogens is 1. The summed E-state index contributed by atoms with van der Waals surface area (Å²) in [5.74, 6) is -0.159. The number of hydrogen-bond donors (Lipinski definition) is 0. The zero-order valence-electron chi connectivity index (χ0n) is 10.0. The van der Waals surface area contributed by atoms with Crippen molar-refractivity contribution in [2.45, 2.75) is 6.29 Å². The molecule has 0 fully saturated rings. The van der Waals surface area contributed by atoms with Crippen LogP contribution in [0.15, 0.2) is 18.3 Å². The molecule has 17 heavy (non-hydrogen) atoms. The highest BCUT2D eigenvalue weighted by atomic mass is 35.5. The van der Waals surface area contributed by atoms with E-state index in [1.165, 1.54) is 31.4 Å². The molecule has 0 aromatic carbocycles. The second kappa shape index (κ2) is 6.54. The molecule has 1 heterocycles. The number of methoxy groups -OCH3 is 2. The van der Waals surface area contributed by atoms with Crippen LogP contribution in [-0.4, -0.2) is 49.9 Å². The van der Waals surface area contributed by atoms with E-state index < -0.39 is 6.29 Å². The Morgan fingerprint density at radius 3 is 2.71 bits per heavy atom. The van der Waals surface area contributed by atoms with Gasteiger partial charge in [-0.1, -0.05) is 11.6 Å². The van der Waals surface area contributed by atoms with Gasteiger partial charge in [-0.2, -0.15) is 0 Å². The minimum atomic E-state index is -0.443. The summed E-state index contributed by atoms with van der Waals surface area (Å²) in [7, 11) is 4.72. The van der Waals surface area contributed by atoms with Crippen LogP contribution < -0.4 is 0 Å². The number of ether oxygens (including phenoxy) is 2. The summed E-state index contributed by atoms with van der Waals surface area (Å²) in [5.41, 5.74) is 0.485. The zero-order valence-corrected chi connectivity index (χ0v) is 10.8. The molecule has 0 spiro atoms. The Morgan fingerprint density at radius 2 is 2.18 bits per heavy atom. The molecule has 0 N–H and O–H groups in total. The Balaban J connectivity index is 2.69. The Bertz CT molecular complexity index is 383. The smallest absolute Gasteiger partial charge is 0.253 e. The maximum atomic E-state index is 12.0. The summed E-state index contributed by atoms with van der Waals surface area (Å²) in [4.78, 5) is 17.3. The Morgan fingerprint density at radius 1 is 1.53 bits per heavy atom. The number of likely N-dealkylation sites (N-methyl/N-ethyl adjacent to an activating group) is 1.